The molecule has 0 unspecified atom stereocenters. The van der Waals surface area contributed by atoms with Crippen molar-refractivity contribution in [2.75, 3.05) is 0 Å². The fraction of sp³-hybridized carbons (Fsp3) is 0.429. The third-order valence-electron chi connectivity index (χ3n) is 1.36. The molecule has 14 heavy (non-hydrogen) atoms. The lowest BCUT2D eigenvalue weighted by atomic mass is 10.4. The van der Waals surface area contributed by atoms with Crippen LogP contribution in [0.2, 0.25) is 0 Å². The first-order valence-electron chi connectivity index (χ1n) is 3.67. The van der Waals surface area contributed by atoms with E-state index in [4.69, 9.17) is 0 Å². The molecular weight excluding hydrogens is 201 g/mol. The molecule has 1 rings (SSSR count). The SMILES string of the molecule is Cc1cc(CNC(=O)C(F)(F)F)no1. The molecule has 1 N–H and O–H groups in total. The standard InChI is InChI=1S/C7H7F3N2O2/c1-4-2-5(12-14-4)3-11-6(13)7(8,9)10/h2H,3H2,1H3,(H,11,13). The van der Waals surface area contributed by atoms with Gasteiger partial charge >= 0.3 is 12.1 Å². The Bertz CT molecular complexity index is 332. The Morgan fingerprint density at radius 1 is 1.64 bits per heavy atom. The summed E-state index contributed by atoms with van der Waals surface area (Å²) in [6.45, 7) is 1.30. The normalized spacial score (nSPS) is 11.4. The summed E-state index contributed by atoms with van der Waals surface area (Å²) in [5.74, 6) is -1.51. The van der Waals surface area contributed by atoms with Crippen LogP contribution in [0, 0.1) is 6.92 Å². The number of carbonyl (C=O) groups is 1. The van der Waals surface area contributed by atoms with Crippen molar-refractivity contribution in [3.63, 3.8) is 0 Å². The monoisotopic (exact) mass is 208 g/mol. The van der Waals surface area contributed by atoms with Gasteiger partial charge in [-0.25, -0.2) is 0 Å². The summed E-state index contributed by atoms with van der Waals surface area (Å²) in [5, 5.41) is 5.08. The van der Waals surface area contributed by atoms with E-state index in [0.29, 0.717) is 5.76 Å². The third-order valence-corrected chi connectivity index (χ3v) is 1.36. The highest BCUT2D eigenvalue weighted by Crippen LogP contribution is 2.14. The number of rotatable bonds is 2. The van der Waals surface area contributed by atoms with Gasteiger partial charge in [0.1, 0.15) is 11.5 Å². The van der Waals surface area contributed by atoms with E-state index in [0.717, 1.165) is 0 Å². The summed E-state index contributed by atoms with van der Waals surface area (Å²) in [4.78, 5) is 10.4. The minimum absolute atomic E-state index is 0.250. The molecular formula is C7H7F3N2O2. The maximum Gasteiger partial charge on any atom is 0.471 e. The largest absolute Gasteiger partial charge is 0.471 e. The molecule has 0 spiro atoms. The Kier molecular flexibility index (Phi) is 2.78. The molecule has 0 radical (unpaired) electrons. The van der Waals surface area contributed by atoms with Crippen LogP contribution in [-0.4, -0.2) is 17.2 Å². The topological polar surface area (TPSA) is 55.1 Å². The highest BCUT2D eigenvalue weighted by atomic mass is 19.4. The molecule has 0 fully saturated rings. The number of nitrogens with zero attached hydrogens (tertiary/aromatic N) is 1. The van der Waals surface area contributed by atoms with E-state index < -0.39 is 12.1 Å². The van der Waals surface area contributed by atoms with Crippen LogP contribution >= 0.6 is 0 Å². The number of nitrogens with one attached hydrogen (secondary N) is 1. The highest BCUT2D eigenvalue weighted by Gasteiger charge is 2.38. The summed E-state index contributed by atoms with van der Waals surface area (Å²) >= 11 is 0. The van der Waals surface area contributed by atoms with Crippen molar-refractivity contribution in [2.24, 2.45) is 0 Å². The molecule has 1 aromatic rings. The van der Waals surface area contributed by atoms with Gasteiger partial charge in [-0.2, -0.15) is 13.2 Å². The van der Waals surface area contributed by atoms with Crippen molar-refractivity contribution in [2.45, 2.75) is 19.6 Å². The van der Waals surface area contributed by atoms with Crippen LogP contribution in [0.1, 0.15) is 11.5 Å². The van der Waals surface area contributed by atoms with Crippen molar-refractivity contribution in [3.05, 3.63) is 17.5 Å². The summed E-state index contributed by atoms with van der Waals surface area (Å²) in [6.07, 6.45) is -4.86. The maximum absolute atomic E-state index is 11.7. The van der Waals surface area contributed by atoms with Crippen LogP contribution in [0.5, 0.6) is 0 Å². The first-order valence-corrected chi connectivity index (χ1v) is 3.67. The Morgan fingerprint density at radius 3 is 2.71 bits per heavy atom. The van der Waals surface area contributed by atoms with Crippen molar-refractivity contribution in [3.8, 4) is 0 Å². The molecule has 1 heterocycles. The van der Waals surface area contributed by atoms with Gasteiger partial charge in [0, 0.05) is 6.07 Å². The van der Waals surface area contributed by atoms with E-state index in [2.05, 4.69) is 9.68 Å². The second-order valence-electron chi connectivity index (χ2n) is 2.61. The number of hydrogen-bond donors (Lipinski definition) is 1. The second kappa shape index (κ2) is 3.69. The average Bonchev–Trinajstić information content (AvgIpc) is 2.45. The van der Waals surface area contributed by atoms with Crippen LogP contribution in [0.25, 0.3) is 0 Å². The fourth-order valence-electron chi connectivity index (χ4n) is 0.772. The molecule has 78 valence electrons. The fourth-order valence-corrected chi connectivity index (χ4v) is 0.772. The van der Waals surface area contributed by atoms with E-state index in [1.165, 1.54) is 6.07 Å². The molecule has 4 nitrogen and oxygen atoms in total. The van der Waals surface area contributed by atoms with Crippen LogP contribution < -0.4 is 5.32 Å². The quantitative estimate of drug-likeness (QED) is 0.793. The number of alkyl halides is 3. The first kappa shape index (κ1) is 10.6. The highest BCUT2D eigenvalue weighted by molar-refractivity contribution is 5.81. The molecule has 0 aromatic carbocycles. The lowest BCUT2D eigenvalue weighted by Gasteiger charge is -2.05. The van der Waals surface area contributed by atoms with E-state index >= 15 is 0 Å². The predicted octanol–water partition coefficient (Wildman–Crippen LogP) is 1.16. The van der Waals surface area contributed by atoms with Gasteiger partial charge in [0.2, 0.25) is 0 Å². The predicted molar refractivity (Wildman–Crippen MR) is 39.1 cm³/mol. The zero-order valence-electron chi connectivity index (χ0n) is 7.18. The smallest absolute Gasteiger partial charge is 0.361 e. The Hall–Kier alpha value is -1.53. The van der Waals surface area contributed by atoms with Crippen molar-refractivity contribution < 1.29 is 22.5 Å². The van der Waals surface area contributed by atoms with Gasteiger partial charge in [0.05, 0.1) is 6.54 Å². The zero-order chi connectivity index (χ0) is 10.8. The molecule has 0 aliphatic heterocycles. The lowest BCUT2D eigenvalue weighted by molar-refractivity contribution is -0.173. The summed E-state index contributed by atoms with van der Waals surface area (Å²) in [5.41, 5.74) is 0.250. The van der Waals surface area contributed by atoms with Crippen molar-refractivity contribution >= 4 is 5.91 Å². The van der Waals surface area contributed by atoms with Gasteiger partial charge in [0.15, 0.2) is 0 Å². The molecule has 0 aliphatic rings. The maximum atomic E-state index is 11.7. The minimum atomic E-state index is -4.86. The molecule has 0 saturated heterocycles. The third kappa shape index (κ3) is 2.75. The van der Waals surface area contributed by atoms with Gasteiger partial charge in [0.25, 0.3) is 0 Å². The minimum Gasteiger partial charge on any atom is -0.361 e. The number of amides is 1. The molecule has 0 bridgehead atoms. The van der Waals surface area contributed by atoms with Crippen molar-refractivity contribution in [1.82, 2.24) is 10.5 Å². The first-order chi connectivity index (χ1) is 6.39. The molecule has 0 saturated carbocycles. The number of halogens is 3. The van der Waals surface area contributed by atoms with E-state index in [1.807, 2.05) is 0 Å². The van der Waals surface area contributed by atoms with Gasteiger partial charge in [-0.3, -0.25) is 4.79 Å². The number of hydrogen-bond acceptors (Lipinski definition) is 3. The van der Waals surface area contributed by atoms with Crippen LogP contribution in [0.3, 0.4) is 0 Å². The van der Waals surface area contributed by atoms with Gasteiger partial charge in [-0.15, -0.1) is 0 Å². The van der Waals surface area contributed by atoms with E-state index in [1.54, 1.807) is 12.2 Å². The Morgan fingerprint density at radius 2 is 2.29 bits per heavy atom. The molecule has 7 heteroatoms. The molecule has 0 atom stereocenters. The van der Waals surface area contributed by atoms with Gasteiger partial charge in [-0.1, -0.05) is 5.16 Å². The van der Waals surface area contributed by atoms with Crippen molar-refractivity contribution in [1.29, 1.82) is 0 Å². The summed E-state index contributed by atoms with van der Waals surface area (Å²) in [6, 6.07) is 1.44. The van der Waals surface area contributed by atoms with E-state index in [-0.39, 0.29) is 12.2 Å². The Balaban J connectivity index is 2.46. The van der Waals surface area contributed by atoms with Gasteiger partial charge in [-0.05, 0) is 6.92 Å². The molecule has 0 aliphatic carbocycles. The number of carbonyl (C=O) groups excluding carboxylic acids is 1. The van der Waals surface area contributed by atoms with Crippen LogP contribution in [-0.2, 0) is 11.3 Å². The average molecular weight is 208 g/mol. The second-order valence-corrected chi connectivity index (χ2v) is 2.61. The lowest BCUT2D eigenvalue weighted by Crippen LogP contribution is -2.36. The van der Waals surface area contributed by atoms with Gasteiger partial charge < -0.3 is 9.84 Å². The number of aromatic nitrogens is 1. The number of aryl methyl sites for hydroxylation is 1. The summed E-state index contributed by atoms with van der Waals surface area (Å²) in [7, 11) is 0. The Labute approximate surface area is 77.1 Å². The van der Waals surface area contributed by atoms with Crippen LogP contribution in [0.4, 0.5) is 13.2 Å². The molecule has 1 amide bonds. The van der Waals surface area contributed by atoms with E-state index in [9.17, 15) is 18.0 Å². The summed E-state index contributed by atoms with van der Waals surface area (Å²) < 4.78 is 39.7. The molecule has 1 aromatic heterocycles. The zero-order valence-corrected chi connectivity index (χ0v) is 7.18. The van der Waals surface area contributed by atoms with Crippen LogP contribution in [0.15, 0.2) is 10.6 Å².